The summed E-state index contributed by atoms with van der Waals surface area (Å²) in [5.74, 6) is -0.575. The molecule has 0 aliphatic rings. The minimum atomic E-state index is -0.504. The molecule has 3 aromatic rings. The Balaban J connectivity index is 1.70. The average molecular weight is 364 g/mol. The van der Waals surface area contributed by atoms with Crippen molar-refractivity contribution < 1.29 is 14.3 Å². The van der Waals surface area contributed by atoms with Gasteiger partial charge < -0.3 is 14.6 Å². The van der Waals surface area contributed by atoms with Crippen LogP contribution in [0.1, 0.15) is 41.3 Å². The van der Waals surface area contributed by atoms with Crippen molar-refractivity contribution in [3.63, 3.8) is 0 Å². The number of rotatable bonds is 5. The average Bonchev–Trinajstić information content (AvgIpc) is 2.98. The van der Waals surface area contributed by atoms with Gasteiger partial charge in [-0.05, 0) is 30.0 Å². The van der Waals surface area contributed by atoms with E-state index in [9.17, 15) is 9.59 Å². The van der Waals surface area contributed by atoms with E-state index in [-0.39, 0.29) is 18.4 Å². The quantitative estimate of drug-likeness (QED) is 0.683. The Morgan fingerprint density at radius 3 is 2.59 bits per heavy atom. The highest BCUT2D eigenvalue weighted by Crippen LogP contribution is 2.27. The maximum absolute atomic E-state index is 12.5. The number of fused-ring (bicyclic) bond motifs is 1. The molecule has 0 unspecified atom stereocenters. The van der Waals surface area contributed by atoms with Gasteiger partial charge in [-0.2, -0.15) is 0 Å². The summed E-state index contributed by atoms with van der Waals surface area (Å²) < 4.78 is 7.13. The number of amides is 1. The van der Waals surface area contributed by atoms with E-state index in [1.165, 1.54) is 0 Å². The Kier molecular flexibility index (Phi) is 5.31. The van der Waals surface area contributed by atoms with Crippen molar-refractivity contribution >= 4 is 28.5 Å². The van der Waals surface area contributed by atoms with E-state index in [0.29, 0.717) is 5.56 Å². The lowest BCUT2D eigenvalue weighted by Crippen LogP contribution is -2.22. The molecule has 1 N–H and O–H groups in total. The second-order valence-corrected chi connectivity index (χ2v) is 6.99. The summed E-state index contributed by atoms with van der Waals surface area (Å²) in [7, 11) is 1.87. The van der Waals surface area contributed by atoms with Crippen molar-refractivity contribution in [2.24, 2.45) is 7.05 Å². The summed E-state index contributed by atoms with van der Waals surface area (Å²) >= 11 is 0. The molecular weight excluding hydrogens is 340 g/mol. The predicted molar refractivity (Wildman–Crippen MR) is 107 cm³/mol. The van der Waals surface area contributed by atoms with E-state index in [4.69, 9.17) is 4.74 Å². The second-order valence-electron chi connectivity index (χ2n) is 6.99. The van der Waals surface area contributed by atoms with Gasteiger partial charge in [0.1, 0.15) is 0 Å². The number of carbonyl (C=O) groups is 2. The first kappa shape index (κ1) is 18.7. The molecule has 2 aromatic carbocycles. The summed E-state index contributed by atoms with van der Waals surface area (Å²) in [4.78, 5) is 24.8. The largest absolute Gasteiger partial charge is 0.452 e. The number of nitrogens with one attached hydrogen (secondary N) is 1. The molecular formula is C22H24N2O3. The van der Waals surface area contributed by atoms with Gasteiger partial charge in [-0.3, -0.25) is 4.79 Å². The molecule has 1 aromatic heterocycles. The molecule has 5 nitrogen and oxygen atoms in total. The van der Waals surface area contributed by atoms with Crippen LogP contribution >= 0.6 is 0 Å². The maximum atomic E-state index is 12.5. The molecule has 0 spiro atoms. The number of nitrogens with zero attached hydrogens (tertiary/aromatic N) is 1. The SMILES string of the molecule is Cc1cccc(C(C)C)c1NC(=O)COC(=O)c1cn(C)c2ccccc12. The van der Waals surface area contributed by atoms with Crippen LogP contribution in [0.2, 0.25) is 0 Å². The van der Waals surface area contributed by atoms with Crippen LogP contribution in [0.25, 0.3) is 10.9 Å². The molecule has 0 bridgehead atoms. The van der Waals surface area contributed by atoms with Crippen molar-refractivity contribution in [2.75, 3.05) is 11.9 Å². The van der Waals surface area contributed by atoms with Gasteiger partial charge in [0.15, 0.2) is 6.61 Å². The van der Waals surface area contributed by atoms with Crippen LogP contribution in [-0.4, -0.2) is 23.1 Å². The predicted octanol–water partition coefficient (Wildman–Crippen LogP) is 4.41. The first-order valence-electron chi connectivity index (χ1n) is 8.99. The van der Waals surface area contributed by atoms with Crippen molar-refractivity contribution in [1.82, 2.24) is 4.57 Å². The summed E-state index contributed by atoms with van der Waals surface area (Å²) in [5.41, 5.74) is 4.23. The number of esters is 1. The maximum Gasteiger partial charge on any atom is 0.340 e. The summed E-state index contributed by atoms with van der Waals surface area (Å²) in [6.45, 7) is 5.77. The number of carbonyl (C=O) groups excluding carboxylic acids is 2. The van der Waals surface area contributed by atoms with Crippen molar-refractivity contribution in [3.8, 4) is 0 Å². The lowest BCUT2D eigenvalue weighted by atomic mass is 9.98. The minimum Gasteiger partial charge on any atom is -0.452 e. The third-order valence-electron chi connectivity index (χ3n) is 4.64. The lowest BCUT2D eigenvalue weighted by molar-refractivity contribution is -0.119. The number of anilines is 1. The number of aromatic nitrogens is 1. The van der Waals surface area contributed by atoms with Crippen LogP contribution in [0, 0.1) is 6.92 Å². The molecule has 0 aliphatic carbocycles. The first-order chi connectivity index (χ1) is 12.9. The highest BCUT2D eigenvalue weighted by molar-refractivity contribution is 6.05. The molecule has 1 amide bonds. The number of aryl methyl sites for hydroxylation is 2. The van der Waals surface area contributed by atoms with E-state index in [1.54, 1.807) is 6.20 Å². The highest BCUT2D eigenvalue weighted by Gasteiger charge is 2.17. The molecule has 0 atom stereocenters. The highest BCUT2D eigenvalue weighted by atomic mass is 16.5. The van der Waals surface area contributed by atoms with Crippen LogP contribution in [0.3, 0.4) is 0 Å². The number of hydrogen-bond acceptors (Lipinski definition) is 3. The molecule has 27 heavy (non-hydrogen) atoms. The molecule has 5 heteroatoms. The fourth-order valence-electron chi connectivity index (χ4n) is 3.23. The standard InChI is InChI=1S/C22H24N2O3/c1-14(2)16-10-7-8-15(3)21(16)23-20(25)13-27-22(26)18-12-24(4)19-11-6-5-9-17(18)19/h5-12,14H,13H2,1-4H3,(H,23,25). The Labute approximate surface area is 158 Å². The third-order valence-corrected chi connectivity index (χ3v) is 4.64. The molecule has 3 rings (SSSR count). The second kappa shape index (κ2) is 7.66. The van der Waals surface area contributed by atoms with Gasteiger partial charge in [-0.25, -0.2) is 4.79 Å². The number of ether oxygens (including phenoxy) is 1. The van der Waals surface area contributed by atoms with E-state index in [2.05, 4.69) is 19.2 Å². The Morgan fingerprint density at radius 2 is 1.85 bits per heavy atom. The van der Waals surface area contributed by atoms with Crippen molar-refractivity contribution in [3.05, 3.63) is 65.4 Å². The normalized spacial score (nSPS) is 11.0. The van der Waals surface area contributed by atoms with Gasteiger partial charge in [-0.15, -0.1) is 0 Å². The van der Waals surface area contributed by atoms with Gasteiger partial charge >= 0.3 is 5.97 Å². The van der Waals surface area contributed by atoms with Gasteiger partial charge in [0, 0.05) is 29.8 Å². The van der Waals surface area contributed by atoms with E-state index >= 15 is 0 Å². The number of para-hydroxylation sites is 2. The molecule has 140 valence electrons. The molecule has 0 saturated heterocycles. The Morgan fingerprint density at radius 1 is 1.11 bits per heavy atom. The van der Waals surface area contributed by atoms with Gasteiger partial charge in [0.25, 0.3) is 5.91 Å². The Hall–Kier alpha value is -3.08. The van der Waals surface area contributed by atoms with Gasteiger partial charge in [0.05, 0.1) is 5.56 Å². The van der Waals surface area contributed by atoms with Gasteiger partial charge in [-0.1, -0.05) is 50.2 Å². The molecule has 0 aliphatic heterocycles. The first-order valence-corrected chi connectivity index (χ1v) is 8.99. The Bertz CT molecular complexity index is 1000. The summed E-state index contributed by atoms with van der Waals surface area (Å²) in [6, 6.07) is 13.5. The van der Waals surface area contributed by atoms with Crippen LogP contribution < -0.4 is 5.32 Å². The zero-order chi connectivity index (χ0) is 19.6. The number of benzene rings is 2. The minimum absolute atomic E-state index is 0.276. The number of hydrogen-bond donors (Lipinski definition) is 1. The summed E-state index contributed by atoms with van der Waals surface area (Å²) in [6.07, 6.45) is 1.73. The monoisotopic (exact) mass is 364 g/mol. The fourth-order valence-corrected chi connectivity index (χ4v) is 3.23. The van der Waals surface area contributed by atoms with E-state index in [1.807, 2.05) is 61.0 Å². The molecule has 1 heterocycles. The van der Waals surface area contributed by atoms with Crippen LogP contribution in [-0.2, 0) is 16.6 Å². The fraction of sp³-hybridized carbons (Fsp3) is 0.273. The lowest BCUT2D eigenvalue weighted by Gasteiger charge is -2.16. The van der Waals surface area contributed by atoms with Crippen molar-refractivity contribution in [2.45, 2.75) is 26.7 Å². The van der Waals surface area contributed by atoms with Crippen LogP contribution in [0.5, 0.6) is 0 Å². The third kappa shape index (κ3) is 3.87. The molecule has 0 radical (unpaired) electrons. The van der Waals surface area contributed by atoms with Crippen LogP contribution in [0.15, 0.2) is 48.7 Å². The van der Waals surface area contributed by atoms with Crippen molar-refractivity contribution in [1.29, 1.82) is 0 Å². The smallest absolute Gasteiger partial charge is 0.340 e. The summed E-state index contributed by atoms with van der Waals surface area (Å²) in [5, 5.41) is 3.70. The topological polar surface area (TPSA) is 60.3 Å². The van der Waals surface area contributed by atoms with E-state index in [0.717, 1.165) is 27.7 Å². The van der Waals surface area contributed by atoms with Gasteiger partial charge in [0.2, 0.25) is 0 Å². The zero-order valence-corrected chi connectivity index (χ0v) is 16.1. The molecule has 0 fully saturated rings. The van der Waals surface area contributed by atoms with Crippen LogP contribution in [0.4, 0.5) is 5.69 Å². The zero-order valence-electron chi connectivity index (χ0n) is 16.1. The molecule has 0 saturated carbocycles. The van der Waals surface area contributed by atoms with E-state index < -0.39 is 5.97 Å².